The second-order valence-corrected chi connectivity index (χ2v) is 9.80. The van der Waals surface area contributed by atoms with Crippen molar-refractivity contribution in [1.29, 1.82) is 0 Å². The van der Waals surface area contributed by atoms with Crippen molar-refractivity contribution in [1.82, 2.24) is 10.3 Å². The number of anilines is 2. The van der Waals surface area contributed by atoms with Crippen LogP contribution in [0.5, 0.6) is 0 Å². The Morgan fingerprint density at radius 3 is 2.11 bits per heavy atom. The van der Waals surface area contributed by atoms with Gasteiger partial charge < -0.3 is 10.6 Å². The number of aromatic nitrogens is 1. The Hall–Kier alpha value is -4.01. The van der Waals surface area contributed by atoms with Gasteiger partial charge in [0.25, 0.3) is 5.91 Å². The molecule has 0 aliphatic carbocycles. The zero-order valence-electron chi connectivity index (χ0n) is 19.5. The molecule has 0 saturated carbocycles. The largest absolute Gasteiger partial charge is 0.324 e. The molecule has 1 aromatic heterocycles. The first-order chi connectivity index (χ1) is 17.2. The highest BCUT2D eigenvalue weighted by Crippen LogP contribution is 2.33. The van der Waals surface area contributed by atoms with Crippen molar-refractivity contribution in [2.24, 2.45) is 0 Å². The second kappa shape index (κ2) is 10.7. The molecule has 36 heavy (non-hydrogen) atoms. The van der Waals surface area contributed by atoms with Gasteiger partial charge in [-0.1, -0.05) is 95.7 Å². The molecular weight excluding hydrogens is 496 g/mol. The topological polar surface area (TPSA) is 100 Å². The third kappa shape index (κ3) is 5.79. The summed E-state index contributed by atoms with van der Waals surface area (Å²) in [6.07, 6.45) is 0. The maximum absolute atomic E-state index is 13.3. The van der Waals surface area contributed by atoms with E-state index in [2.05, 4.69) is 20.9 Å². The Morgan fingerprint density at radius 2 is 1.44 bits per heavy atom. The van der Waals surface area contributed by atoms with Gasteiger partial charge in [-0.3, -0.25) is 14.9 Å². The minimum Gasteiger partial charge on any atom is -0.324 e. The fourth-order valence-electron chi connectivity index (χ4n) is 3.35. The lowest BCUT2D eigenvalue weighted by Crippen LogP contribution is -2.53. The average molecular weight is 519 g/mol. The van der Waals surface area contributed by atoms with E-state index in [0.717, 1.165) is 16.9 Å². The fourth-order valence-corrected chi connectivity index (χ4v) is 4.48. The minimum atomic E-state index is -1.30. The maximum Gasteiger partial charge on any atom is 0.320 e. The van der Waals surface area contributed by atoms with Gasteiger partial charge in [0.2, 0.25) is 5.78 Å². The molecule has 0 aliphatic heterocycles. The number of ketones is 1. The molecular formula is C27H23ClN4O3S. The molecule has 4 aromatic rings. The summed E-state index contributed by atoms with van der Waals surface area (Å²) < 4.78 is 0. The van der Waals surface area contributed by atoms with Gasteiger partial charge in [-0.05, 0) is 26.0 Å². The van der Waals surface area contributed by atoms with Gasteiger partial charge in [-0.2, -0.15) is 0 Å². The molecule has 0 unspecified atom stereocenters. The highest BCUT2D eigenvalue weighted by molar-refractivity contribution is 7.18. The third-order valence-corrected chi connectivity index (χ3v) is 6.55. The van der Waals surface area contributed by atoms with E-state index < -0.39 is 17.5 Å². The number of nitrogens with one attached hydrogen (secondary N) is 3. The van der Waals surface area contributed by atoms with Crippen LogP contribution in [0.3, 0.4) is 0 Å². The van der Waals surface area contributed by atoms with Gasteiger partial charge in [-0.25, -0.2) is 9.78 Å². The van der Waals surface area contributed by atoms with Crippen molar-refractivity contribution in [3.63, 3.8) is 0 Å². The van der Waals surface area contributed by atoms with E-state index in [-0.39, 0.29) is 10.9 Å². The zero-order chi connectivity index (χ0) is 25.7. The molecule has 3 N–H and O–H groups in total. The molecule has 4 rings (SSSR count). The van der Waals surface area contributed by atoms with Crippen LogP contribution in [0, 0.1) is 0 Å². The van der Waals surface area contributed by atoms with Crippen LogP contribution >= 0.6 is 22.9 Å². The lowest BCUT2D eigenvalue weighted by molar-refractivity contribution is -0.120. The van der Waals surface area contributed by atoms with Gasteiger partial charge in [0.05, 0.1) is 16.4 Å². The Bertz CT molecular complexity index is 1410. The van der Waals surface area contributed by atoms with E-state index in [1.165, 1.54) is 0 Å². The van der Waals surface area contributed by atoms with Crippen molar-refractivity contribution in [3.8, 4) is 11.3 Å². The quantitative estimate of drug-likeness (QED) is 0.252. The highest BCUT2D eigenvalue weighted by Gasteiger charge is 2.31. The van der Waals surface area contributed by atoms with Crippen molar-refractivity contribution >= 4 is 51.5 Å². The predicted molar refractivity (Wildman–Crippen MR) is 144 cm³/mol. The predicted octanol–water partition coefficient (Wildman–Crippen LogP) is 6.23. The maximum atomic E-state index is 13.3. The van der Waals surface area contributed by atoms with Crippen molar-refractivity contribution in [3.05, 3.63) is 100 Å². The summed E-state index contributed by atoms with van der Waals surface area (Å²) in [6, 6.07) is 24.4. The summed E-state index contributed by atoms with van der Waals surface area (Å²) in [5, 5.41) is 8.65. The number of thiazole rings is 1. The van der Waals surface area contributed by atoms with Crippen LogP contribution in [0.25, 0.3) is 11.3 Å². The Kier molecular flexibility index (Phi) is 7.47. The fraction of sp³-hybridized carbons (Fsp3) is 0.111. The van der Waals surface area contributed by atoms with E-state index in [1.54, 1.807) is 62.4 Å². The smallest absolute Gasteiger partial charge is 0.320 e. The van der Waals surface area contributed by atoms with Crippen molar-refractivity contribution in [2.45, 2.75) is 19.4 Å². The number of amides is 3. The zero-order valence-corrected chi connectivity index (χ0v) is 21.1. The lowest BCUT2D eigenvalue weighted by atomic mass is 10.1. The molecule has 1 heterocycles. The van der Waals surface area contributed by atoms with Crippen molar-refractivity contribution < 1.29 is 14.4 Å². The number of hydrogen-bond acceptors (Lipinski definition) is 5. The van der Waals surface area contributed by atoms with E-state index in [4.69, 9.17) is 11.6 Å². The van der Waals surface area contributed by atoms with Crippen molar-refractivity contribution in [2.75, 3.05) is 10.6 Å². The number of hydrogen-bond donors (Lipinski definition) is 3. The number of urea groups is 1. The van der Waals surface area contributed by atoms with Crippen LogP contribution in [0.1, 0.15) is 29.1 Å². The number of benzene rings is 3. The van der Waals surface area contributed by atoms with Crippen LogP contribution in [-0.4, -0.2) is 28.2 Å². The Balaban J connectivity index is 1.55. The molecule has 9 heteroatoms. The van der Waals surface area contributed by atoms with Gasteiger partial charge in [0.1, 0.15) is 10.4 Å². The summed E-state index contributed by atoms with van der Waals surface area (Å²) in [5.41, 5.74) is 0.879. The summed E-state index contributed by atoms with van der Waals surface area (Å²) in [4.78, 5) is 43.8. The van der Waals surface area contributed by atoms with Gasteiger partial charge in [-0.15, -0.1) is 0 Å². The van der Waals surface area contributed by atoms with Crippen LogP contribution in [0.4, 0.5) is 15.6 Å². The molecule has 182 valence electrons. The number of carbonyl (C=O) groups excluding carboxylic acids is 3. The normalized spacial score (nSPS) is 11.0. The van der Waals surface area contributed by atoms with Crippen LogP contribution in [0.15, 0.2) is 84.9 Å². The summed E-state index contributed by atoms with van der Waals surface area (Å²) in [7, 11) is 0. The van der Waals surface area contributed by atoms with E-state index in [0.29, 0.717) is 26.8 Å². The van der Waals surface area contributed by atoms with Gasteiger partial charge >= 0.3 is 6.03 Å². The molecule has 0 saturated heterocycles. The summed E-state index contributed by atoms with van der Waals surface area (Å²) >= 11 is 7.18. The molecule has 0 radical (unpaired) electrons. The van der Waals surface area contributed by atoms with Crippen LogP contribution in [0.2, 0.25) is 5.02 Å². The van der Waals surface area contributed by atoms with E-state index >= 15 is 0 Å². The molecule has 0 aliphatic rings. The molecule has 0 fully saturated rings. The SMILES string of the molecule is CC(C)(NC(=O)Nc1ccccc1Cl)C(=O)Nc1nc(-c2ccccc2)c(C(=O)c2ccccc2)s1. The highest BCUT2D eigenvalue weighted by atomic mass is 35.5. The molecule has 3 amide bonds. The number of rotatable bonds is 7. The average Bonchev–Trinajstić information content (AvgIpc) is 3.29. The number of carbonyl (C=O) groups is 3. The van der Waals surface area contributed by atoms with Crippen LogP contribution in [-0.2, 0) is 4.79 Å². The van der Waals surface area contributed by atoms with Gasteiger partial charge in [0.15, 0.2) is 5.13 Å². The van der Waals surface area contributed by atoms with Crippen LogP contribution < -0.4 is 16.0 Å². The van der Waals surface area contributed by atoms with E-state index in [1.807, 2.05) is 36.4 Å². The first-order valence-electron chi connectivity index (χ1n) is 11.1. The molecule has 3 aromatic carbocycles. The van der Waals surface area contributed by atoms with Gasteiger partial charge in [0, 0.05) is 11.1 Å². The monoisotopic (exact) mass is 518 g/mol. The first kappa shape index (κ1) is 25.1. The lowest BCUT2D eigenvalue weighted by Gasteiger charge is -2.24. The Labute approximate surface area is 217 Å². The molecule has 0 atom stereocenters. The standard InChI is InChI=1S/C27H23ClN4O3S/c1-27(2,32-25(35)29-20-16-10-9-15-19(20)28)24(34)31-26-30-21(17-11-5-3-6-12-17)23(36-26)22(33)18-13-7-4-8-14-18/h3-16H,1-2H3,(H2,29,32,35)(H,30,31,34). The summed E-state index contributed by atoms with van der Waals surface area (Å²) in [5.74, 6) is -0.687. The number of halogens is 1. The second-order valence-electron chi connectivity index (χ2n) is 8.40. The first-order valence-corrected chi connectivity index (χ1v) is 12.2. The minimum absolute atomic E-state index is 0.191. The molecule has 7 nitrogen and oxygen atoms in total. The molecule has 0 spiro atoms. The summed E-state index contributed by atoms with van der Waals surface area (Å²) in [6.45, 7) is 3.13. The number of para-hydroxylation sites is 1. The Morgan fingerprint density at radius 1 is 0.833 bits per heavy atom. The van der Waals surface area contributed by atoms with E-state index in [9.17, 15) is 14.4 Å². The third-order valence-electron chi connectivity index (χ3n) is 5.25. The number of nitrogens with zero attached hydrogens (tertiary/aromatic N) is 1. The molecule has 0 bridgehead atoms.